The molecule has 206 valence electrons. The highest BCUT2D eigenvalue weighted by Crippen LogP contribution is 2.24. The number of nitrogens with one attached hydrogen (secondary N) is 1. The Kier molecular flexibility index (Phi) is 10.4. The van der Waals surface area contributed by atoms with Crippen molar-refractivity contribution >= 4 is 35.0 Å². The van der Waals surface area contributed by atoms with E-state index in [1.165, 1.54) is 0 Å². The highest BCUT2D eigenvalue weighted by Gasteiger charge is 2.30. The molecule has 0 aliphatic carbocycles. The van der Waals surface area contributed by atoms with E-state index >= 15 is 0 Å². The van der Waals surface area contributed by atoms with Crippen LogP contribution >= 0.6 is 23.2 Å². The number of halogens is 2. The minimum atomic E-state index is -0.806. The van der Waals surface area contributed by atoms with E-state index in [0.717, 1.165) is 16.7 Å². The van der Waals surface area contributed by atoms with E-state index in [4.69, 9.17) is 32.7 Å². The van der Waals surface area contributed by atoms with Crippen LogP contribution in [0.4, 0.5) is 0 Å². The van der Waals surface area contributed by atoms with Crippen molar-refractivity contribution in [3.63, 3.8) is 0 Å². The third-order valence-corrected chi connectivity index (χ3v) is 6.92. The van der Waals surface area contributed by atoms with Gasteiger partial charge in [0.05, 0.1) is 12.1 Å². The molecule has 0 bridgehead atoms. The van der Waals surface area contributed by atoms with Crippen LogP contribution in [0.3, 0.4) is 0 Å². The third-order valence-electron chi connectivity index (χ3n) is 6.35. The zero-order valence-electron chi connectivity index (χ0n) is 22.1. The molecule has 0 spiro atoms. The first-order chi connectivity index (χ1) is 19.4. The second-order valence-electron chi connectivity index (χ2n) is 9.14. The van der Waals surface area contributed by atoms with Gasteiger partial charge in [-0.3, -0.25) is 9.59 Å². The zero-order chi connectivity index (χ0) is 28.3. The Morgan fingerprint density at radius 3 is 2.12 bits per heavy atom. The molecule has 0 radical (unpaired) electrons. The van der Waals surface area contributed by atoms with Gasteiger partial charge in [0.25, 0.3) is 5.91 Å². The van der Waals surface area contributed by atoms with E-state index in [2.05, 4.69) is 5.32 Å². The molecule has 40 heavy (non-hydrogen) atoms. The van der Waals surface area contributed by atoms with Crippen molar-refractivity contribution in [2.75, 3.05) is 13.7 Å². The monoisotopic (exact) mass is 576 g/mol. The first-order valence-corrected chi connectivity index (χ1v) is 13.5. The van der Waals surface area contributed by atoms with Gasteiger partial charge >= 0.3 is 0 Å². The molecular formula is C32H30Cl2N2O4. The number of hydrogen-bond donors (Lipinski definition) is 1. The smallest absolute Gasteiger partial charge is 0.261 e. The molecule has 4 aromatic rings. The molecule has 0 saturated carbocycles. The van der Waals surface area contributed by atoms with Crippen LogP contribution in [-0.2, 0) is 29.1 Å². The number of benzene rings is 4. The fourth-order valence-electron chi connectivity index (χ4n) is 4.18. The maximum Gasteiger partial charge on any atom is 0.261 e. The van der Waals surface area contributed by atoms with Gasteiger partial charge in [0.1, 0.15) is 17.5 Å². The fraction of sp³-hybridized carbons (Fsp3) is 0.188. The van der Waals surface area contributed by atoms with E-state index in [0.29, 0.717) is 34.5 Å². The second-order valence-corrected chi connectivity index (χ2v) is 9.98. The maximum absolute atomic E-state index is 13.7. The average Bonchev–Trinajstić information content (AvgIpc) is 2.98. The van der Waals surface area contributed by atoms with E-state index in [1.54, 1.807) is 48.4 Å². The lowest BCUT2D eigenvalue weighted by molar-refractivity contribution is -0.142. The van der Waals surface area contributed by atoms with Crippen molar-refractivity contribution in [1.29, 1.82) is 0 Å². The van der Waals surface area contributed by atoms with Crippen LogP contribution in [-0.4, -0.2) is 36.5 Å². The minimum absolute atomic E-state index is 0.195. The van der Waals surface area contributed by atoms with Crippen LogP contribution in [0.5, 0.6) is 11.5 Å². The first-order valence-electron chi connectivity index (χ1n) is 12.8. The molecule has 6 nitrogen and oxygen atoms in total. The Hall–Kier alpha value is -4.00. The number of para-hydroxylation sites is 1. The third kappa shape index (κ3) is 8.25. The Morgan fingerprint density at radius 1 is 0.800 bits per heavy atom. The second kappa shape index (κ2) is 14.4. The topological polar surface area (TPSA) is 67.9 Å². The highest BCUT2D eigenvalue weighted by molar-refractivity contribution is 6.32. The van der Waals surface area contributed by atoms with Gasteiger partial charge < -0.3 is 19.7 Å². The van der Waals surface area contributed by atoms with Gasteiger partial charge in [0.2, 0.25) is 5.91 Å². The molecule has 8 heteroatoms. The lowest BCUT2D eigenvalue weighted by Gasteiger charge is -2.31. The van der Waals surface area contributed by atoms with Crippen molar-refractivity contribution < 1.29 is 19.1 Å². The van der Waals surface area contributed by atoms with Crippen molar-refractivity contribution in [1.82, 2.24) is 10.2 Å². The van der Waals surface area contributed by atoms with Gasteiger partial charge in [-0.25, -0.2) is 0 Å². The summed E-state index contributed by atoms with van der Waals surface area (Å²) in [6.45, 7) is 0.207. The van der Waals surface area contributed by atoms with Crippen LogP contribution in [0.15, 0.2) is 103 Å². The molecule has 1 atom stereocenters. The zero-order valence-corrected chi connectivity index (χ0v) is 23.6. The number of carbonyl (C=O) groups excluding carboxylic acids is 2. The summed E-state index contributed by atoms with van der Waals surface area (Å²) >= 11 is 12.3. The van der Waals surface area contributed by atoms with Gasteiger partial charge in [-0.2, -0.15) is 0 Å². The Labute approximate surface area is 244 Å². The summed E-state index contributed by atoms with van der Waals surface area (Å²) in [5.74, 6) is 0.468. The molecule has 0 aliphatic heterocycles. The van der Waals surface area contributed by atoms with Gasteiger partial charge in [-0.05, 0) is 53.1 Å². The quantitative estimate of drug-likeness (QED) is 0.214. The summed E-state index contributed by atoms with van der Waals surface area (Å²) in [6, 6.07) is 30.4. The Bertz CT molecular complexity index is 1400. The average molecular weight is 578 g/mol. The van der Waals surface area contributed by atoms with E-state index in [-0.39, 0.29) is 25.0 Å². The van der Waals surface area contributed by atoms with Crippen LogP contribution in [0.2, 0.25) is 10.0 Å². The Balaban J connectivity index is 1.61. The summed E-state index contributed by atoms with van der Waals surface area (Å²) < 4.78 is 11.1. The van der Waals surface area contributed by atoms with Gasteiger partial charge in [0, 0.05) is 24.5 Å². The van der Waals surface area contributed by atoms with Crippen molar-refractivity contribution in [2.45, 2.75) is 25.6 Å². The highest BCUT2D eigenvalue weighted by atomic mass is 35.5. The number of nitrogens with zero attached hydrogens (tertiary/aromatic N) is 1. The predicted octanol–water partition coefficient (Wildman–Crippen LogP) is 6.34. The summed E-state index contributed by atoms with van der Waals surface area (Å²) in [4.78, 5) is 29.0. The lowest BCUT2D eigenvalue weighted by atomic mass is 10.0. The summed E-state index contributed by atoms with van der Waals surface area (Å²) in [5.41, 5.74) is 2.66. The normalized spacial score (nSPS) is 11.4. The van der Waals surface area contributed by atoms with E-state index < -0.39 is 6.04 Å². The first kappa shape index (κ1) is 29.0. The number of carbonyl (C=O) groups is 2. The molecule has 4 aromatic carbocycles. The molecule has 0 aromatic heterocycles. The number of hydrogen-bond acceptors (Lipinski definition) is 4. The molecule has 2 amide bonds. The van der Waals surface area contributed by atoms with E-state index in [1.807, 2.05) is 66.7 Å². The van der Waals surface area contributed by atoms with Crippen LogP contribution in [0.1, 0.15) is 16.7 Å². The number of rotatable bonds is 12. The molecule has 0 fully saturated rings. The fourth-order valence-corrected chi connectivity index (χ4v) is 4.49. The number of methoxy groups -OCH3 is 1. The summed E-state index contributed by atoms with van der Waals surface area (Å²) in [6.07, 6.45) is 0.321. The molecule has 1 N–H and O–H groups in total. The molecule has 0 heterocycles. The molecular weight excluding hydrogens is 547 g/mol. The van der Waals surface area contributed by atoms with Crippen LogP contribution in [0.25, 0.3) is 0 Å². The van der Waals surface area contributed by atoms with Crippen LogP contribution in [0, 0.1) is 0 Å². The summed E-state index contributed by atoms with van der Waals surface area (Å²) in [7, 11) is 1.60. The largest absolute Gasteiger partial charge is 0.497 e. The molecule has 0 saturated heterocycles. The Morgan fingerprint density at radius 2 is 1.45 bits per heavy atom. The standard InChI is InChI=1S/C32H30Cl2N2O4/c1-39-27-17-13-25(14-18-27)21-36(31(37)22-40-30-10-6-5-9-28(30)34)29(19-23-7-3-2-4-8-23)32(38)35-20-24-11-15-26(33)16-12-24/h2-18,29H,19-22H2,1H3,(H,35,38). The number of ether oxygens (including phenoxy) is 2. The SMILES string of the molecule is COc1ccc(CN(C(=O)COc2ccccc2Cl)C(Cc2ccccc2)C(=O)NCc2ccc(Cl)cc2)cc1. The van der Waals surface area contributed by atoms with Crippen molar-refractivity contribution in [3.05, 3.63) is 130 Å². The van der Waals surface area contributed by atoms with Crippen molar-refractivity contribution in [2.24, 2.45) is 0 Å². The lowest BCUT2D eigenvalue weighted by Crippen LogP contribution is -2.51. The molecule has 1 unspecified atom stereocenters. The van der Waals surface area contributed by atoms with E-state index in [9.17, 15) is 9.59 Å². The molecule has 4 rings (SSSR count). The maximum atomic E-state index is 13.7. The predicted molar refractivity (Wildman–Crippen MR) is 158 cm³/mol. The van der Waals surface area contributed by atoms with Gasteiger partial charge in [-0.15, -0.1) is 0 Å². The van der Waals surface area contributed by atoms with Crippen LogP contribution < -0.4 is 14.8 Å². The van der Waals surface area contributed by atoms with Gasteiger partial charge in [-0.1, -0.05) is 89.9 Å². The summed E-state index contributed by atoms with van der Waals surface area (Å²) in [5, 5.41) is 4.02. The van der Waals surface area contributed by atoms with Gasteiger partial charge in [0.15, 0.2) is 6.61 Å². The van der Waals surface area contributed by atoms with Crippen molar-refractivity contribution in [3.8, 4) is 11.5 Å². The minimum Gasteiger partial charge on any atom is -0.497 e. The molecule has 0 aliphatic rings. The number of amides is 2.